The summed E-state index contributed by atoms with van der Waals surface area (Å²) in [6, 6.07) is 17.4. The molecule has 4 rings (SSSR count). The molecule has 1 fully saturated rings. The molecule has 0 saturated heterocycles. The van der Waals surface area contributed by atoms with Crippen molar-refractivity contribution in [2.45, 2.75) is 69.5 Å². The Kier molecular flexibility index (Phi) is 10.0. The Labute approximate surface area is 246 Å². The predicted molar refractivity (Wildman–Crippen MR) is 159 cm³/mol. The standard InChI is InChI=1S/C31H35ClFN3O4S/c1-3-29(31(38)34-26-6-4-5-7-26)35(20-23-10-12-24(32)13-11-23)30(37)21-36(27-16-14-25(33)15-17-27)41(39,40)28-18-8-22(2)9-19-28/h8-19,26,29H,3-7,20-21H2,1-2H3,(H,34,38)/t29-/m0/s1. The third kappa shape index (κ3) is 7.65. The van der Waals surface area contributed by atoms with Crippen LogP contribution in [0.15, 0.2) is 77.7 Å². The van der Waals surface area contributed by atoms with Crippen molar-refractivity contribution < 1.29 is 22.4 Å². The topological polar surface area (TPSA) is 86.8 Å². The average Bonchev–Trinajstić information content (AvgIpc) is 3.46. The maximum atomic E-state index is 14.1. The molecular formula is C31H35ClFN3O4S. The van der Waals surface area contributed by atoms with Crippen LogP contribution in [0.5, 0.6) is 0 Å². The van der Waals surface area contributed by atoms with Gasteiger partial charge in [0.2, 0.25) is 11.8 Å². The summed E-state index contributed by atoms with van der Waals surface area (Å²) in [5, 5.41) is 3.62. The smallest absolute Gasteiger partial charge is 0.264 e. The summed E-state index contributed by atoms with van der Waals surface area (Å²) in [6.07, 6.45) is 4.19. The number of halogens is 2. The van der Waals surface area contributed by atoms with Crippen molar-refractivity contribution in [3.8, 4) is 0 Å². The normalized spacial score (nSPS) is 14.4. The van der Waals surface area contributed by atoms with Crippen molar-refractivity contribution in [3.05, 3.63) is 94.8 Å². The third-order valence-electron chi connectivity index (χ3n) is 7.36. The van der Waals surface area contributed by atoms with Crippen LogP contribution in [0.4, 0.5) is 10.1 Å². The van der Waals surface area contributed by atoms with Crippen LogP contribution >= 0.6 is 11.6 Å². The molecule has 218 valence electrons. The van der Waals surface area contributed by atoms with E-state index in [0.29, 0.717) is 11.4 Å². The average molecular weight is 600 g/mol. The molecule has 3 aromatic rings. The number of hydrogen-bond donors (Lipinski definition) is 1. The minimum Gasteiger partial charge on any atom is -0.352 e. The quantitative estimate of drug-likeness (QED) is 0.300. The molecule has 0 spiro atoms. The lowest BCUT2D eigenvalue weighted by atomic mass is 10.1. The molecule has 1 N–H and O–H groups in total. The summed E-state index contributed by atoms with van der Waals surface area (Å²) in [5.41, 5.74) is 1.75. The molecule has 1 aliphatic rings. The van der Waals surface area contributed by atoms with E-state index < -0.39 is 34.3 Å². The van der Waals surface area contributed by atoms with Gasteiger partial charge in [-0.2, -0.15) is 0 Å². The van der Waals surface area contributed by atoms with Crippen molar-refractivity contribution in [2.75, 3.05) is 10.8 Å². The minimum absolute atomic E-state index is 0.00417. The number of benzene rings is 3. The molecule has 0 aliphatic heterocycles. The van der Waals surface area contributed by atoms with Gasteiger partial charge in [-0.05, 0) is 80.3 Å². The summed E-state index contributed by atoms with van der Waals surface area (Å²) in [5.74, 6) is -1.36. The van der Waals surface area contributed by atoms with E-state index in [1.165, 1.54) is 29.2 Å². The number of carbonyl (C=O) groups is 2. The van der Waals surface area contributed by atoms with E-state index in [0.717, 1.165) is 53.2 Å². The highest BCUT2D eigenvalue weighted by Crippen LogP contribution is 2.26. The van der Waals surface area contributed by atoms with Crippen LogP contribution in [0.25, 0.3) is 0 Å². The maximum Gasteiger partial charge on any atom is 0.264 e. The number of nitrogens with one attached hydrogen (secondary N) is 1. The van der Waals surface area contributed by atoms with E-state index in [9.17, 15) is 22.4 Å². The molecule has 0 aromatic heterocycles. The first-order valence-corrected chi connectivity index (χ1v) is 15.6. The highest BCUT2D eigenvalue weighted by molar-refractivity contribution is 7.92. The number of carbonyl (C=O) groups excluding carboxylic acids is 2. The molecule has 3 aromatic carbocycles. The lowest BCUT2D eigenvalue weighted by Crippen LogP contribution is -2.53. The number of hydrogen-bond acceptors (Lipinski definition) is 4. The van der Waals surface area contributed by atoms with E-state index in [1.54, 1.807) is 36.4 Å². The summed E-state index contributed by atoms with van der Waals surface area (Å²) < 4.78 is 42.5. The fourth-order valence-electron chi connectivity index (χ4n) is 5.05. The molecule has 0 heterocycles. The van der Waals surface area contributed by atoms with E-state index >= 15 is 0 Å². The zero-order valence-corrected chi connectivity index (χ0v) is 24.8. The van der Waals surface area contributed by atoms with Gasteiger partial charge in [-0.15, -0.1) is 0 Å². The molecule has 0 unspecified atom stereocenters. The van der Waals surface area contributed by atoms with Crippen LogP contribution in [0.1, 0.15) is 50.2 Å². The molecule has 1 saturated carbocycles. The van der Waals surface area contributed by atoms with Gasteiger partial charge in [0.1, 0.15) is 18.4 Å². The molecule has 7 nitrogen and oxygen atoms in total. The van der Waals surface area contributed by atoms with Crippen LogP contribution in [0.2, 0.25) is 5.02 Å². The lowest BCUT2D eigenvalue weighted by molar-refractivity contribution is -0.140. The SMILES string of the molecule is CC[C@@H](C(=O)NC1CCCC1)N(Cc1ccc(Cl)cc1)C(=O)CN(c1ccc(F)cc1)S(=O)(=O)c1ccc(C)cc1. The molecular weight excluding hydrogens is 565 g/mol. The fraction of sp³-hybridized carbons (Fsp3) is 0.355. The first kappa shape index (κ1) is 30.5. The zero-order valence-electron chi connectivity index (χ0n) is 23.2. The highest BCUT2D eigenvalue weighted by Gasteiger charge is 2.34. The van der Waals surface area contributed by atoms with Gasteiger partial charge in [-0.3, -0.25) is 13.9 Å². The molecule has 0 bridgehead atoms. The number of anilines is 1. The highest BCUT2D eigenvalue weighted by atomic mass is 35.5. The largest absolute Gasteiger partial charge is 0.352 e. The van der Waals surface area contributed by atoms with Gasteiger partial charge < -0.3 is 10.2 Å². The number of aryl methyl sites for hydroxylation is 1. The Morgan fingerprint density at radius 2 is 1.59 bits per heavy atom. The molecule has 2 amide bonds. The fourth-order valence-corrected chi connectivity index (χ4v) is 6.59. The van der Waals surface area contributed by atoms with Crippen molar-refractivity contribution in [1.82, 2.24) is 10.2 Å². The second-order valence-electron chi connectivity index (χ2n) is 10.4. The molecule has 1 aliphatic carbocycles. The van der Waals surface area contributed by atoms with Crippen LogP contribution in [-0.4, -0.2) is 43.8 Å². The third-order valence-corrected chi connectivity index (χ3v) is 9.40. The molecule has 10 heteroatoms. The number of amides is 2. The number of rotatable bonds is 11. The zero-order chi connectivity index (χ0) is 29.6. The molecule has 41 heavy (non-hydrogen) atoms. The van der Waals surface area contributed by atoms with E-state index in [4.69, 9.17) is 11.6 Å². The Morgan fingerprint density at radius 3 is 2.17 bits per heavy atom. The molecule has 1 atom stereocenters. The van der Waals surface area contributed by atoms with Gasteiger partial charge in [0.15, 0.2) is 0 Å². The Morgan fingerprint density at radius 1 is 0.976 bits per heavy atom. The van der Waals surface area contributed by atoms with Crippen molar-refractivity contribution in [3.63, 3.8) is 0 Å². The Balaban J connectivity index is 1.70. The summed E-state index contributed by atoms with van der Waals surface area (Å²) >= 11 is 6.07. The lowest BCUT2D eigenvalue weighted by Gasteiger charge is -2.33. The Hall–Kier alpha value is -3.43. The summed E-state index contributed by atoms with van der Waals surface area (Å²) in [4.78, 5) is 29.0. The van der Waals surface area contributed by atoms with Gasteiger partial charge in [-0.25, -0.2) is 12.8 Å². The Bertz CT molecular complexity index is 1440. The maximum absolute atomic E-state index is 14.1. The van der Waals surface area contributed by atoms with E-state index in [1.807, 2.05) is 13.8 Å². The van der Waals surface area contributed by atoms with Crippen molar-refractivity contribution in [1.29, 1.82) is 0 Å². The van der Waals surface area contributed by atoms with Gasteiger partial charge in [0, 0.05) is 17.6 Å². The van der Waals surface area contributed by atoms with Crippen LogP contribution in [0, 0.1) is 12.7 Å². The monoisotopic (exact) mass is 599 g/mol. The van der Waals surface area contributed by atoms with Crippen LogP contribution in [-0.2, 0) is 26.2 Å². The second-order valence-corrected chi connectivity index (χ2v) is 12.7. The number of nitrogens with zero attached hydrogens (tertiary/aromatic N) is 2. The summed E-state index contributed by atoms with van der Waals surface area (Å²) in [7, 11) is -4.22. The van der Waals surface area contributed by atoms with Gasteiger partial charge in [-0.1, -0.05) is 61.2 Å². The van der Waals surface area contributed by atoms with E-state index in [2.05, 4.69) is 5.32 Å². The summed E-state index contributed by atoms with van der Waals surface area (Å²) in [6.45, 7) is 3.16. The number of sulfonamides is 1. The molecule has 0 radical (unpaired) electrons. The van der Waals surface area contributed by atoms with Crippen LogP contribution < -0.4 is 9.62 Å². The van der Waals surface area contributed by atoms with Crippen molar-refractivity contribution in [2.24, 2.45) is 0 Å². The first-order chi connectivity index (χ1) is 19.6. The van der Waals surface area contributed by atoms with Crippen molar-refractivity contribution >= 4 is 39.1 Å². The second kappa shape index (κ2) is 13.5. The van der Waals surface area contributed by atoms with Gasteiger partial charge in [0.05, 0.1) is 10.6 Å². The predicted octanol–water partition coefficient (Wildman–Crippen LogP) is 5.85. The van der Waals surface area contributed by atoms with Crippen LogP contribution in [0.3, 0.4) is 0 Å². The first-order valence-electron chi connectivity index (χ1n) is 13.8. The van der Waals surface area contributed by atoms with E-state index in [-0.39, 0.29) is 29.1 Å². The van der Waals surface area contributed by atoms with Gasteiger partial charge in [0.25, 0.3) is 10.0 Å². The minimum atomic E-state index is -4.22. The van der Waals surface area contributed by atoms with Gasteiger partial charge >= 0.3 is 0 Å².